The van der Waals surface area contributed by atoms with Gasteiger partial charge in [0.25, 0.3) is 0 Å². The van der Waals surface area contributed by atoms with Gasteiger partial charge in [-0.25, -0.2) is 9.52 Å². The molecule has 0 aliphatic heterocycles. The number of methoxy groups -OCH3 is 1. The van der Waals surface area contributed by atoms with Crippen molar-refractivity contribution in [2.75, 3.05) is 18.5 Å². The molecule has 0 aliphatic rings. The Hall–Kier alpha value is -1.87. The smallest absolute Gasteiger partial charge is 0.422 e. The topological polar surface area (TPSA) is 102 Å². The number of benzene rings is 1. The first-order valence-corrected chi connectivity index (χ1v) is 6.87. The van der Waals surface area contributed by atoms with Crippen molar-refractivity contribution in [2.45, 2.75) is 0 Å². The molecule has 0 bridgehead atoms. The van der Waals surface area contributed by atoms with Crippen molar-refractivity contribution in [2.24, 2.45) is 5.73 Å². The molecule has 1 aromatic carbocycles. The fourth-order valence-corrected chi connectivity index (χ4v) is 2.16. The molecule has 0 aliphatic carbocycles. The molecule has 19 heavy (non-hydrogen) atoms. The number of hydrogen-bond donors (Lipinski definition) is 2. The SMILES string of the molecule is COC(=O)NS(=O)(=O)N(C)c1cccc(C(N)=S)c1. The van der Waals surface area contributed by atoms with E-state index < -0.39 is 16.3 Å². The Morgan fingerprint density at radius 2 is 2.11 bits per heavy atom. The zero-order valence-corrected chi connectivity index (χ0v) is 11.9. The lowest BCUT2D eigenvalue weighted by atomic mass is 10.2. The van der Waals surface area contributed by atoms with Crippen LogP contribution >= 0.6 is 12.2 Å². The molecule has 1 rings (SSSR count). The standard InChI is InChI=1S/C10H13N3O4S2/c1-13(19(15,16)12-10(14)17-2)8-5-3-4-7(6-8)9(11)18/h3-6H,1-2H3,(H2,11,18)(H,12,14). The largest absolute Gasteiger partial charge is 0.452 e. The average Bonchev–Trinajstić information content (AvgIpc) is 2.37. The second-order valence-electron chi connectivity index (χ2n) is 3.48. The number of rotatable bonds is 4. The third-order valence-corrected chi connectivity index (χ3v) is 3.84. The molecule has 0 heterocycles. The Morgan fingerprint density at radius 3 is 2.63 bits per heavy atom. The van der Waals surface area contributed by atoms with E-state index in [2.05, 4.69) is 4.74 Å². The summed E-state index contributed by atoms with van der Waals surface area (Å²) in [5.74, 6) is 0. The molecule has 1 amide bonds. The molecule has 0 unspecified atom stereocenters. The van der Waals surface area contributed by atoms with Crippen LogP contribution in [0, 0.1) is 0 Å². The van der Waals surface area contributed by atoms with E-state index in [1.165, 1.54) is 19.2 Å². The summed E-state index contributed by atoms with van der Waals surface area (Å²) in [4.78, 5) is 11.1. The van der Waals surface area contributed by atoms with E-state index in [0.29, 0.717) is 11.3 Å². The first-order chi connectivity index (χ1) is 8.77. The number of nitrogens with one attached hydrogen (secondary N) is 1. The summed E-state index contributed by atoms with van der Waals surface area (Å²) >= 11 is 4.81. The van der Waals surface area contributed by atoms with E-state index >= 15 is 0 Å². The summed E-state index contributed by atoms with van der Waals surface area (Å²) in [6.07, 6.45) is -1.07. The monoisotopic (exact) mass is 303 g/mol. The van der Waals surface area contributed by atoms with Gasteiger partial charge in [0.15, 0.2) is 0 Å². The van der Waals surface area contributed by atoms with Crippen molar-refractivity contribution in [1.29, 1.82) is 0 Å². The maximum absolute atomic E-state index is 11.8. The first-order valence-electron chi connectivity index (χ1n) is 5.02. The second kappa shape index (κ2) is 5.85. The first kappa shape index (κ1) is 15.2. The molecule has 0 fully saturated rings. The van der Waals surface area contributed by atoms with Crippen molar-refractivity contribution in [3.8, 4) is 0 Å². The van der Waals surface area contributed by atoms with Crippen molar-refractivity contribution >= 4 is 39.2 Å². The van der Waals surface area contributed by atoms with Gasteiger partial charge in [0, 0.05) is 12.6 Å². The number of ether oxygens (including phenoxy) is 1. The lowest BCUT2D eigenvalue weighted by Gasteiger charge is -2.19. The van der Waals surface area contributed by atoms with Crippen LogP contribution in [0.2, 0.25) is 0 Å². The highest BCUT2D eigenvalue weighted by atomic mass is 32.2. The van der Waals surface area contributed by atoms with E-state index in [9.17, 15) is 13.2 Å². The number of carbonyl (C=O) groups is 1. The maximum Gasteiger partial charge on any atom is 0.422 e. The summed E-state index contributed by atoms with van der Waals surface area (Å²) in [6, 6.07) is 6.30. The van der Waals surface area contributed by atoms with Crippen LogP contribution in [0.3, 0.4) is 0 Å². The van der Waals surface area contributed by atoms with E-state index in [1.54, 1.807) is 16.9 Å². The van der Waals surface area contributed by atoms with Crippen LogP contribution in [0.1, 0.15) is 5.56 Å². The number of nitrogens with zero attached hydrogens (tertiary/aromatic N) is 1. The predicted octanol–water partition coefficient (Wildman–Crippen LogP) is 0.358. The van der Waals surface area contributed by atoms with Gasteiger partial charge in [-0.3, -0.25) is 4.31 Å². The van der Waals surface area contributed by atoms with Gasteiger partial charge in [-0.1, -0.05) is 24.4 Å². The lowest BCUT2D eigenvalue weighted by Crippen LogP contribution is -2.41. The number of hydrogen-bond acceptors (Lipinski definition) is 5. The molecule has 0 radical (unpaired) electrons. The Labute approximate surface area is 116 Å². The molecule has 0 atom stereocenters. The number of nitrogens with two attached hydrogens (primary N) is 1. The maximum atomic E-state index is 11.8. The third-order valence-electron chi connectivity index (χ3n) is 2.25. The molecule has 1 aromatic rings. The van der Waals surface area contributed by atoms with Gasteiger partial charge < -0.3 is 10.5 Å². The fourth-order valence-electron chi connectivity index (χ4n) is 1.21. The second-order valence-corrected chi connectivity index (χ2v) is 5.62. The van der Waals surface area contributed by atoms with E-state index in [1.807, 2.05) is 0 Å². The van der Waals surface area contributed by atoms with Crippen LogP contribution in [0.15, 0.2) is 24.3 Å². The van der Waals surface area contributed by atoms with E-state index in [-0.39, 0.29) is 4.99 Å². The molecule has 3 N–H and O–H groups in total. The van der Waals surface area contributed by atoms with Gasteiger partial charge >= 0.3 is 16.3 Å². The molecular weight excluding hydrogens is 290 g/mol. The molecule has 104 valence electrons. The molecule has 0 saturated carbocycles. The Morgan fingerprint density at radius 1 is 1.47 bits per heavy atom. The van der Waals surface area contributed by atoms with Crippen LogP contribution in [0.25, 0.3) is 0 Å². The summed E-state index contributed by atoms with van der Waals surface area (Å²) in [5.41, 5.74) is 6.30. The van der Waals surface area contributed by atoms with Crippen molar-refractivity contribution in [3.05, 3.63) is 29.8 Å². The molecular formula is C10H13N3O4S2. The highest BCUT2D eigenvalue weighted by Gasteiger charge is 2.21. The van der Waals surface area contributed by atoms with Crippen molar-refractivity contribution < 1.29 is 17.9 Å². The van der Waals surface area contributed by atoms with Gasteiger partial charge in [-0.05, 0) is 12.1 Å². The number of anilines is 1. The van der Waals surface area contributed by atoms with Gasteiger partial charge in [-0.15, -0.1) is 0 Å². The van der Waals surface area contributed by atoms with Gasteiger partial charge in [0.05, 0.1) is 12.8 Å². The Balaban J connectivity index is 3.06. The van der Waals surface area contributed by atoms with Gasteiger partial charge in [0.2, 0.25) is 0 Å². The molecule has 0 aromatic heterocycles. The minimum atomic E-state index is -4.04. The number of thiocarbonyl (C=S) groups is 1. The van der Waals surface area contributed by atoms with E-state index in [4.69, 9.17) is 18.0 Å². The zero-order valence-electron chi connectivity index (χ0n) is 10.3. The molecule has 0 spiro atoms. The van der Waals surface area contributed by atoms with Crippen LogP contribution in [0.4, 0.5) is 10.5 Å². The van der Waals surface area contributed by atoms with Crippen molar-refractivity contribution in [3.63, 3.8) is 0 Å². The normalized spacial score (nSPS) is 10.6. The highest BCUT2D eigenvalue weighted by Crippen LogP contribution is 2.17. The summed E-state index contributed by atoms with van der Waals surface area (Å²) in [5, 5.41) is 0. The molecule has 7 nitrogen and oxygen atoms in total. The highest BCUT2D eigenvalue weighted by molar-refractivity contribution is 7.91. The third kappa shape index (κ3) is 3.80. The molecule has 0 saturated heterocycles. The van der Waals surface area contributed by atoms with Crippen LogP contribution < -0.4 is 14.8 Å². The summed E-state index contributed by atoms with van der Waals surface area (Å²) < 4.78 is 30.5. The quantitative estimate of drug-likeness (QED) is 0.779. The minimum Gasteiger partial charge on any atom is -0.452 e. The predicted molar refractivity (Wildman–Crippen MR) is 75.2 cm³/mol. The number of carbonyl (C=O) groups excluding carboxylic acids is 1. The fraction of sp³-hybridized carbons (Fsp3) is 0.200. The summed E-state index contributed by atoms with van der Waals surface area (Å²) in [7, 11) is -1.69. The van der Waals surface area contributed by atoms with Crippen LogP contribution in [-0.4, -0.2) is 33.7 Å². The van der Waals surface area contributed by atoms with Gasteiger partial charge in [-0.2, -0.15) is 8.42 Å². The summed E-state index contributed by atoms with van der Waals surface area (Å²) in [6.45, 7) is 0. The van der Waals surface area contributed by atoms with Crippen molar-refractivity contribution in [1.82, 2.24) is 4.72 Å². The Bertz CT molecular complexity index is 601. The van der Waals surface area contributed by atoms with E-state index in [0.717, 1.165) is 11.4 Å². The number of amides is 1. The average molecular weight is 303 g/mol. The molecule has 9 heteroatoms. The minimum absolute atomic E-state index is 0.147. The van der Waals surface area contributed by atoms with Gasteiger partial charge in [0.1, 0.15) is 4.99 Å². The van der Waals surface area contributed by atoms with Crippen LogP contribution in [-0.2, 0) is 14.9 Å². The Kier molecular flexibility index (Phi) is 4.67. The van der Waals surface area contributed by atoms with Crippen LogP contribution in [0.5, 0.6) is 0 Å². The lowest BCUT2D eigenvalue weighted by molar-refractivity contribution is 0.177. The zero-order chi connectivity index (χ0) is 14.6.